The van der Waals surface area contributed by atoms with Gasteiger partial charge in [0, 0.05) is 11.6 Å². The highest BCUT2D eigenvalue weighted by Gasteiger charge is 2.14. The number of aromatic nitrogens is 4. The predicted molar refractivity (Wildman–Crippen MR) is 108 cm³/mol. The Bertz CT molecular complexity index is 1220. The van der Waals surface area contributed by atoms with Crippen molar-refractivity contribution in [3.05, 3.63) is 65.2 Å². The van der Waals surface area contributed by atoms with E-state index in [9.17, 15) is 9.59 Å². The highest BCUT2D eigenvalue weighted by Crippen LogP contribution is 2.27. The van der Waals surface area contributed by atoms with Gasteiger partial charge in [0.1, 0.15) is 18.4 Å². The smallest absolute Gasteiger partial charge is 0.293 e. The third-order valence-corrected chi connectivity index (χ3v) is 4.87. The summed E-state index contributed by atoms with van der Waals surface area (Å²) in [6, 6.07) is 15.8. The Balaban J connectivity index is 1.73. The van der Waals surface area contributed by atoms with Crippen molar-refractivity contribution in [1.29, 1.82) is 0 Å². The lowest BCUT2D eigenvalue weighted by Gasteiger charge is -2.11. The fourth-order valence-corrected chi connectivity index (χ4v) is 3.19. The van der Waals surface area contributed by atoms with Gasteiger partial charge in [0.25, 0.3) is 5.56 Å². The maximum atomic E-state index is 12.8. The summed E-state index contributed by atoms with van der Waals surface area (Å²) in [5, 5.41) is 13.6. The molecule has 7 heteroatoms. The first-order chi connectivity index (χ1) is 13.6. The van der Waals surface area contributed by atoms with Crippen LogP contribution in [-0.2, 0) is 11.3 Å². The van der Waals surface area contributed by atoms with Crippen molar-refractivity contribution in [1.82, 2.24) is 24.7 Å². The van der Waals surface area contributed by atoms with E-state index < -0.39 is 0 Å². The second kappa shape index (κ2) is 7.26. The summed E-state index contributed by atoms with van der Waals surface area (Å²) in [6.45, 7) is 3.79. The summed E-state index contributed by atoms with van der Waals surface area (Å²) in [5.41, 5.74) is 1.68. The molecule has 2 aromatic heterocycles. The molecule has 0 saturated heterocycles. The zero-order valence-corrected chi connectivity index (χ0v) is 15.8. The van der Waals surface area contributed by atoms with Crippen LogP contribution in [0.1, 0.15) is 20.3 Å². The quantitative estimate of drug-likeness (QED) is 0.581. The molecule has 28 heavy (non-hydrogen) atoms. The van der Waals surface area contributed by atoms with Gasteiger partial charge in [-0.05, 0) is 30.2 Å². The molecular weight excluding hydrogens is 354 g/mol. The third kappa shape index (κ3) is 3.26. The van der Waals surface area contributed by atoms with Gasteiger partial charge in [-0.3, -0.25) is 9.59 Å². The molecule has 0 radical (unpaired) electrons. The molecule has 0 bridgehead atoms. The van der Waals surface area contributed by atoms with Crippen molar-refractivity contribution >= 4 is 22.2 Å². The van der Waals surface area contributed by atoms with E-state index in [1.54, 1.807) is 6.07 Å². The summed E-state index contributed by atoms with van der Waals surface area (Å²) in [7, 11) is 0. The average Bonchev–Trinajstić information content (AvgIpc) is 3.14. The highest BCUT2D eigenvalue weighted by molar-refractivity contribution is 5.96. The van der Waals surface area contributed by atoms with Crippen LogP contribution < -0.4 is 10.9 Å². The largest absolute Gasteiger partial charge is 0.352 e. The van der Waals surface area contributed by atoms with Crippen LogP contribution in [0.2, 0.25) is 0 Å². The summed E-state index contributed by atoms with van der Waals surface area (Å²) in [5.74, 6) is -0.234. The average molecular weight is 375 g/mol. The molecule has 0 saturated carbocycles. The Morgan fingerprint density at radius 2 is 1.96 bits per heavy atom. The molecule has 2 aromatic carbocycles. The van der Waals surface area contributed by atoms with E-state index in [4.69, 9.17) is 0 Å². The van der Waals surface area contributed by atoms with Crippen LogP contribution >= 0.6 is 0 Å². The minimum atomic E-state index is -0.346. The predicted octanol–water partition coefficient (Wildman–Crippen LogP) is 2.63. The molecule has 0 aliphatic carbocycles. The molecule has 4 rings (SSSR count). The van der Waals surface area contributed by atoms with Gasteiger partial charge in [-0.15, -0.1) is 0 Å². The van der Waals surface area contributed by atoms with Crippen LogP contribution in [-0.4, -0.2) is 31.3 Å². The zero-order chi connectivity index (χ0) is 19.7. The van der Waals surface area contributed by atoms with Gasteiger partial charge in [-0.25, -0.2) is 9.20 Å². The van der Waals surface area contributed by atoms with Gasteiger partial charge in [0.15, 0.2) is 0 Å². The molecule has 1 N–H and O–H groups in total. The van der Waals surface area contributed by atoms with Crippen LogP contribution in [0.15, 0.2) is 59.7 Å². The van der Waals surface area contributed by atoms with Gasteiger partial charge in [0.2, 0.25) is 5.91 Å². The van der Waals surface area contributed by atoms with Crippen molar-refractivity contribution in [2.24, 2.45) is 0 Å². The Hall–Kier alpha value is -3.48. The number of nitrogens with zero attached hydrogens (tertiary/aromatic N) is 4. The highest BCUT2D eigenvalue weighted by atomic mass is 16.2. The van der Waals surface area contributed by atoms with Crippen LogP contribution in [0.25, 0.3) is 27.5 Å². The molecule has 7 nitrogen and oxygen atoms in total. The number of nitrogens with one attached hydrogen (secondary N) is 1. The first kappa shape index (κ1) is 17.9. The number of amides is 1. The molecule has 0 fully saturated rings. The Kier molecular flexibility index (Phi) is 4.65. The second-order valence-electron chi connectivity index (χ2n) is 6.86. The molecule has 0 unspecified atom stereocenters. The van der Waals surface area contributed by atoms with E-state index in [2.05, 4.69) is 15.5 Å². The van der Waals surface area contributed by atoms with Gasteiger partial charge in [-0.2, -0.15) is 10.2 Å². The topological polar surface area (TPSA) is 81.3 Å². The number of benzene rings is 2. The van der Waals surface area contributed by atoms with E-state index >= 15 is 0 Å². The number of fused-ring (bicyclic) bond motifs is 2. The molecule has 142 valence electrons. The first-order valence-corrected chi connectivity index (χ1v) is 9.30. The minimum Gasteiger partial charge on any atom is -0.352 e. The molecule has 0 aliphatic heterocycles. The molecule has 1 amide bonds. The van der Waals surface area contributed by atoms with Crippen molar-refractivity contribution in [3.63, 3.8) is 0 Å². The molecular formula is C21H21N5O2. The van der Waals surface area contributed by atoms with E-state index in [1.165, 1.54) is 15.5 Å². The van der Waals surface area contributed by atoms with Crippen molar-refractivity contribution in [2.75, 3.05) is 0 Å². The van der Waals surface area contributed by atoms with Gasteiger partial charge >= 0.3 is 0 Å². The zero-order valence-electron chi connectivity index (χ0n) is 15.8. The number of carbonyl (C=O) groups excluding carboxylic acids is 1. The monoisotopic (exact) mass is 375 g/mol. The number of hydrogen-bond donors (Lipinski definition) is 1. The molecule has 0 spiro atoms. The van der Waals surface area contributed by atoms with Crippen LogP contribution in [0.3, 0.4) is 0 Å². The number of hydrogen-bond acceptors (Lipinski definition) is 4. The fourth-order valence-electron chi connectivity index (χ4n) is 3.19. The van der Waals surface area contributed by atoms with Gasteiger partial charge in [-0.1, -0.05) is 49.4 Å². The Morgan fingerprint density at radius 1 is 1.18 bits per heavy atom. The number of rotatable bonds is 5. The van der Waals surface area contributed by atoms with Crippen molar-refractivity contribution in [2.45, 2.75) is 32.9 Å². The summed E-state index contributed by atoms with van der Waals surface area (Å²) in [4.78, 5) is 24.9. The van der Waals surface area contributed by atoms with Crippen molar-refractivity contribution < 1.29 is 4.79 Å². The molecule has 2 heterocycles. The van der Waals surface area contributed by atoms with Crippen LogP contribution in [0.5, 0.6) is 0 Å². The minimum absolute atomic E-state index is 0.0554. The van der Waals surface area contributed by atoms with Gasteiger partial charge in [0.05, 0.1) is 5.69 Å². The van der Waals surface area contributed by atoms with Crippen LogP contribution in [0, 0.1) is 0 Å². The fraction of sp³-hybridized carbons (Fsp3) is 0.238. The first-order valence-electron chi connectivity index (χ1n) is 9.30. The molecule has 4 aromatic rings. The lowest BCUT2D eigenvalue weighted by Crippen LogP contribution is -2.38. The van der Waals surface area contributed by atoms with E-state index in [0.29, 0.717) is 11.2 Å². The van der Waals surface area contributed by atoms with Gasteiger partial charge < -0.3 is 5.32 Å². The van der Waals surface area contributed by atoms with Crippen molar-refractivity contribution in [3.8, 4) is 11.3 Å². The number of carbonyl (C=O) groups is 1. The lowest BCUT2D eigenvalue weighted by atomic mass is 10.0. The maximum absolute atomic E-state index is 12.8. The van der Waals surface area contributed by atoms with E-state index in [-0.39, 0.29) is 24.1 Å². The summed E-state index contributed by atoms with van der Waals surface area (Å²) >= 11 is 0. The van der Waals surface area contributed by atoms with E-state index in [0.717, 1.165) is 22.8 Å². The maximum Gasteiger partial charge on any atom is 0.293 e. The Morgan fingerprint density at radius 3 is 2.79 bits per heavy atom. The SMILES string of the molecule is CC[C@@H](C)NC(=O)Cn1ncn2nc(-c3cccc4ccccc34)cc2c1=O. The summed E-state index contributed by atoms with van der Waals surface area (Å²) in [6.07, 6.45) is 2.28. The third-order valence-electron chi connectivity index (χ3n) is 4.87. The lowest BCUT2D eigenvalue weighted by molar-refractivity contribution is -0.122. The van der Waals surface area contributed by atoms with E-state index in [1.807, 2.05) is 56.3 Å². The standard InChI is InChI=1S/C21H21N5O2/c1-3-14(2)23-20(27)12-25-21(28)19-11-18(24-26(19)13-22-25)17-10-6-8-15-7-4-5-9-16(15)17/h4-11,13-14H,3,12H2,1-2H3,(H,23,27)/t14-/m1/s1. The molecule has 1 atom stereocenters. The summed E-state index contributed by atoms with van der Waals surface area (Å²) < 4.78 is 2.63. The molecule has 0 aliphatic rings. The second-order valence-corrected chi connectivity index (χ2v) is 6.86. The normalized spacial score (nSPS) is 12.4. The Labute approximate surface area is 161 Å². The van der Waals surface area contributed by atoms with Crippen LogP contribution in [0.4, 0.5) is 0 Å².